The number of hydrogen-bond donors (Lipinski definition) is 2. The first kappa shape index (κ1) is 18.8. The molecule has 0 bridgehead atoms. The molecule has 0 aliphatic heterocycles. The van der Waals surface area contributed by atoms with Crippen LogP contribution in [0, 0.1) is 0 Å². The summed E-state index contributed by atoms with van der Waals surface area (Å²) >= 11 is 0. The molecule has 1 unspecified atom stereocenters. The first-order valence-corrected chi connectivity index (χ1v) is 8.75. The van der Waals surface area contributed by atoms with Gasteiger partial charge in [-0.15, -0.1) is 0 Å². The number of amides is 1. The lowest BCUT2D eigenvalue weighted by atomic mass is 9.96. The maximum atomic E-state index is 12.7. The van der Waals surface area contributed by atoms with Gasteiger partial charge in [0.1, 0.15) is 5.76 Å². The zero-order valence-electron chi connectivity index (χ0n) is 15.3. The summed E-state index contributed by atoms with van der Waals surface area (Å²) in [7, 11) is 3.01. The van der Waals surface area contributed by atoms with Gasteiger partial charge < -0.3 is 24.4 Å². The molecule has 1 aliphatic carbocycles. The number of aromatic nitrogens is 1. The van der Waals surface area contributed by atoms with Crippen molar-refractivity contribution < 1.29 is 28.7 Å². The van der Waals surface area contributed by atoms with Gasteiger partial charge in [0, 0.05) is 12.0 Å². The molecule has 1 atom stereocenters. The van der Waals surface area contributed by atoms with E-state index in [1.165, 1.54) is 14.2 Å². The number of rotatable bonds is 7. The Labute approximate surface area is 156 Å². The molecule has 27 heavy (non-hydrogen) atoms. The van der Waals surface area contributed by atoms with E-state index in [4.69, 9.17) is 14.0 Å². The first-order valence-electron chi connectivity index (χ1n) is 8.75. The van der Waals surface area contributed by atoms with Crippen molar-refractivity contribution in [1.82, 2.24) is 10.5 Å². The summed E-state index contributed by atoms with van der Waals surface area (Å²) in [6.45, 7) is 0. The second kappa shape index (κ2) is 8.11. The van der Waals surface area contributed by atoms with E-state index < -0.39 is 17.9 Å². The van der Waals surface area contributed by atoms with Crippen molar-refractivity contribution in [2.75, 3.05) is 14.2 Å². The summed E-state index contributed by atoms with van der Waals surface area (Å²) in [6, 6.07) is 4.29. The highest BCUT2D eigenvalue weighted by Crippen LogP contribution is 2.31. The molecule has 2 aromatic rings. The van der Waals surface area contributed by atoms with Crippen molar-refractivity contribution in [1.29, 1.82) is 0 Å². The number of nitrogens with zero attached hydrogens (tertiary/aromatic N) is 1. The number of ether oxygens (including phenoxy) is 2. The van der Waals surface area contributed by atoms with Crippen molar-refractivity contribution in [3.05, 3.63) is 40.8 Å². The Morgan fingerprint density at radius 2 is 1.96 bits per heavy atom. The van der Waals surface area contributed by atoms with Gasteiger partial charge in [-0.2, -0.15) is 0 Å². The van der Waals surface area contributed by atoms with Gasteiger partial charge in [-0.25, -0.2) is 0 Å². The summed E-state index contributed by atoms with van der Waals surface area (Å²) in [4.78, 5) is 24.1. The Kier molecular flexibility index (Phi) is 5.63. The minimum atomic E-state index is -1.03. The minimum absolute atomic E-state index is 0.237. The van der Waals surface area contributed by atoms with Crippen LogP contribution < -0.4 is 14.8 Å². The van der Waals surface area contributed by atoms with Crippen LogP contribution in [0.25, 0.3) is 0 Å². The van der Waals surface area contributed by atoms with Crippen molar-refractivity contribution in [2.24, 2.45) is 0 Å². The summed E-state index contributed by atoms with van der Waals surface area (Å²) in [6.07, 6.45) is 3.21. The number of benzene rings is 1. The predicted molar refractivity (Wildman–Crippen MR) is 95.2 cm³/mol. The van der Waals surface area contributed by atoms with Crippen LogP contribution in [0.4, 0.5) is 0 Å². The van der Waals surface area contributed by atoms with Crippen molar-refractivity contribution in [3.8, 4) is 11.5 Å². The van der Waals surface area contributed by atoms with E-state index in [-0.39, 0.29) is 12.1 Å². The smallest absolute Gasteiger partial charge is 0.305 e. The van der Waals surface area contributed by atoms with E-state index in [0.717, 1.165) is 37.0 Å². The first-order chi connectivity index (χ1) is 13.0. The third-order valence-corrected chi connectivity index (χ3v) is 4.66. The Morgan fingerprint density at radius 3 is 2.67 bits per heavy atom. The monoisotopic (exact) mass is 374 g/mol. The molecule has 0 radical (unpaired) electrons. The standard InChI is InChI=1S/C19H22N2O6/c1-25-15-8-7-11(9-16(15)26-2)13(10-17(22)23)20-19(24)18-12-5-3-4-6-14(12)27-21-18/h7-9,13H,3-6,10H2,1-2H3,(H,20,24)(H,22,23). The number of methoxy groups -OCH3 is 2. The van der Waals surface area contributed by atoms with Gasteiger partial charge in [0.25, 0.3) is 5.91 Å². The topological polar surface area (TPSA) is 111 Å². The third-order valence-electron chi connectivity index (χ3n) is 4.66. The van der Waals surface area contributed by atoms with Gasteiger partial charge in [0.2, 0.25) is 0 Å². The molecule has 0 saturated heterocycles. The maximum absolute atomic E-state index is 12.7. The van der Waals surface area contributed by atoms with Crippen LogP contribution in [0.2, 0.25) is 0 Å². The second-order valence-electron chi connectivity index (χ2n) is 6.38. The molecule has 1 amide bonds. The summed E-state index contributed by atoms with van der Waals surface area (Å²) in [5.74, 6) is 0.248. The summed E-state index contributed by atoms with van der Waals surface area (Å²) in [5.41, 5.74) is 1.65. The highest BCUT2D eigenvalue weighted by molar-refractivity contribution is 5.94. The van der Waals surface area contributed by atoms with Crippen LogP contribution in [0.15, 0.2) is 22.7 Å². The molecule has 0 fully saturated rings. The molecule has 0 saturated carbocycles. The third kappa shape index (κ3) is 4.05. The van der Waals surface area contributed by atoms with Crippen LogP contribution in [0.3, 0.4) is 0 Å². The minimum Gasteiger partial charge on any atom is -0.493 e. The van der Waals surface area contributed by atoms with E-state index in [0.29, 0.717) is 17.1 Å². The van der Waals surface area contributed by atoms with Gasteiger partial charge in [-0.05, 0) is 37.0 Å². The quantitative estimate of drug-likeness (QED) is 0.766. The molecule has 1 aromatic carbocycles. The van der Waals surface area contributed by atoms with Crippen LogP contribution in [0.1, 0.15) is 52.7 Å². The fourth-order valence-corrected chi connectivity index (χ4v) is 3.29. The van der Waals surface area contributed by atoms with Gasteiger partial charge in [0.15, 0.2) is 17.2 Å². The molecule has 144 valence electrons. The molecule has 2 N–H and O–H groups in total. The number of carbonyl (C=O) groups is 2. The fourth-order valence-electron chi connectivity index (χ4n) is 3.29. The van der Waals surface area contributed by atoms with Crippen molar-refractivity contribution in [3.63, 3.8) is 0 Å². The summed E-state index contributed by atoms with van der Waals surface area (Å²) in [5, 5.41) is 15.9. The zero-order chi connectivity index (χ0) is 19.4. The van der Waals surface area contributed by atoms with Crippen LogP contribution in [-0.2, 0) is 17.6 Å². The van der Waals surface area contributed by atoms with E-state index >= 15 is 0 Å². The number of carboxylic acid groups (broad SMARTS) is 1. The lowest BCUT2D eigenvalue weighted by molar-refractivity contribution is -0.137. The molecule has 0 spiro atoms. The Morgan fingerprint density at radius 1 is 1.22 bits per heavy atom. The van der Waals surface area contributed by atoms with E-state index in [2.05, 4.69) is 10.5 Å². The van der Waals surface area contributed by atoms with Crippen molar-refractivity contribution in [2.45, 2.75) is 38.1 Å². The number of carbonyl (C=O) groups excluding carboxylic acids is 1. The van der Waals surface area contributed by atoms with Gasteiger partial charge in [-0.3, -0.25) is 9.59 Å². The second-order valence-corrected chi connectivity index (χ2v) is 6.38. The van der Waals surface area contributed by atoms with E-state index in [1.807, 2.05) is 0 Å². The number of carboxylic acids is 1. The maximum Gasteiger partial charge on any atom is 0.305 e. The number of aliphatic carboxylic acids is 1. The number of aryl methyl sites for hydroxylation is 1. The molecular formula is C19H22N2O6. The van der Waals surface area contributed by atoms with Crippen LogP contribution in [0.5, 0.6) is 11.5 Å². The Bertz CT molecular complexity index is 845. The Hall–Kier alpha value is -3.03. The van der Waals surface area contributed by atoms with E-state index in [9.17, 15) is 14.7 Å². The molecule has 3 rings (SSSR count). The van der Waals surface area contributed by atoms with Gasteiger partial charge in [0.05, 0.1) is 26.7 Å². The molecule has 8 heteroatoms. The average Bonchev–Trinajstić information content (AvgIpc) is 3.10. The lowest BCUT2D eigenvalue weighted by Crippen LogP contribution is -2.31. The zero-order valence-corrected chi connectivity index (χ0v) is 15.3. The molecule has 1 aromatic heterocycles. The lowest BCUT2D eigenvalue weighted by Gasteiger charge is -2.19. The normalized spacial score (nSPS) is 14.1. The predicted octanol–water partition coefficient (Wildman–Crippen LogP) is 2.52. The summed E-state index contributed by atoms with van der Waals surface area (Å²) < 4.78 is 15.8. The largest absolute Gasteiger partial charge is 0.493 e. The van der Waals surface area contributed by atoms with Crippen molar-refractivity contribution >= 4 is 11.9 Å². The molecule has 8 nitrogen and oxygen atoms in total. The number of hydrogen-bond acceptors (Lipinski definition) is 6. The van der Waals surface area contributed by atoms with Gasteiger partial charge >= 0.3 is 5.97 Å². The fraction of sp³-hybridized carbons (Fsp3) is 0.421. The van der Waals surface area contributed by atoms with Crippen LogP contribution in [-0.4, -0.2) is 36.4 Å². The molecular weight excluding hydrogens is 352 g/mol. The number of nitrogens with one attached hydrogen (secondary N) is 1. The van der Waals surface area contributed by atoms with Gasteiger partial charge in [-0.1, -0.05) is 11.2 Å². The highest BCUT2D eigenvalue weighted by Gasteiger charge is 2.27. The SMILES string of the molecule is COc1ccc(C(CC(=O)O)NC(=O)c2noc3c2CCCC3)cc1OC. The highest BCUT2D eigenvalue weighted by atomic mass is 16.5. The molecule has 1 heterocycles. The van der Waals surface area contributed by atoms with Crippen LogP contribution >= 0.6 is 0 Å². The number of fused-ring (bicyclic) bond motifs is 1. The van der Waals surface area contributed by atoms with E-state index in [1.54, 1.807) is 18.2 Å². The Balaban J connectivity index is 1.86. The average molecular weight is 374 g/mol. The molecule has 1 aliphatic rings.